The zero-order valence-corrected chi connectivity index (χ0v) is 13.6. The molecule has 0 aliphatic heterocycles. The normalized spacial score (nSPS) is 10.3. The predicted octanol–water partition coefficient (Wildman–Crippen LogP) is 4.57. The first-order chi connectivity index (χ1) is 9.20. The maximum absolute atomic E-state index is 4.25. The summed E-state index contributed by atoms with van der Waals surface area (Å²) < 4.78 is 1.86. The second-order valence-electron chi connectivity index (χ2n) is 3.95. The lowest BCUT2D eigenvalue weighted by Crippen LogP contribution is -2.05. The van der Waals surface area contributed by atoms with E-state index in [1.807, 2.05) is 24.3 Å². The summed E-state index contributed by atoms with van der Waals surface area (Å²) in [5.74, 6) is 1.54. The van der Waals surface area contributed by atoms with Crippen LogP contribution in [0.2, 0.25) is 0 Å². The lowest BCUT2D eigenvalue weighted by molar-refractivity contribution is 0.962. The highest BCUT2D eigenvalue weighted by atomic mass is 79.9. The highest BCUT2D eigenvalue weighted by Gasteiger charge is 2.08. The Bertz CT molecular complexity index is 560. The Labute approximate surface area is 129 Å². The van der Waals surface area contributed by atoms with E-state index in [1.54, 1.807) is 6.33 Å². The van der Waals surface area contributed by atoms with Gasteiger partial charge in [-0.25, -0.2) is 9.97 Å². The smallest absolute Gasteiger partial charge is 0.150 e. The zero-order valence-electron chi connectivity index (χ0n) is 10.5. The molecular weight excluding hydrogens is 372 g/mol. The molecule has 100 valence electrons. The van der Waals surface area contributed by atoms with Crippen LogP contribution in [0, 0.1) is 0 Å². The van der Waals surface area contributed by atoms with Crippen LogP contribution >= 0.6 is 31.9 Å². The van der Waals surface area contributed by atoms with Crippen molar-refractivity contribution in [3.8, 4) is 0 Å². The predicted molar refractivity (Wildman–Crippen MR) is 85.9 cm³/mol. The van der Waals surface area contributed by atoms with Crippen molar-refractivity contribution in [2.24, 2.45) is 0 Å². The van der Waals surface area contributed by atoms with Gasteiger partial charge < -0.3 is 10.6 Å². The van der Waals surface area contributed by atoms with Gasteiger partial charge in [-0.15, -0.1) is 0 Å². The molecule has 0 bridgehead atoms. The zero-order chi connectivity index (χ0) is 13.7. The molecule has 2 N–H and O–H groups in total. The molecule has 2 rings (SSSR count). The van der Waals surface area contributed by atoms with E-state index in [1.165, 1.54) is 0 Å². The molecule has 0 radical (unpaired) electrons. The van der Waals surface area contributed by atoms with Crippen molar-refractivity contribution in [3.05, 3.63) is 39.5 Å². The first kappa shape index (κ1) is 14.3. The minimum absolute atomic E-state index is 0.742. The van der Waals surface area contributed by atoms with Crippen LogP contribution in [0.5, 0.6) is 0 Å². The number of anilines is 3. The first-order valence-corrected chi connectivity index (χ1v) is 7.56. The Kier molecular flexibility index (Phi) is 5.15. The van der Waals surface area contributed by atoms with Crippen molar-refractivity contribution in [2.75, 3.05) is 17.2 Å². The summed E-state index contributed by atoms with van der Waals surface area (Å²) in [6.45, 7) is 2.99. The van der Waals surface area contributed by atoms with Gasteiger partial charge in [0.1, 0.15) is 22.4 Å². The molecule has 0 spiro atoms. The van der Waals surface area contributed by atoms with Crippen LogP contribution in [0.25, 0.3) is 0 Å². The van der Waals surface area contributed by atoms with Crippen molar-refractivity contribution in [2.45, 2.75) is 13.3 Å². The molecule has 0 atom stereocenters. The molecule has 6 heteroatoms. The molecule has 0 saturated heterocycles. The van der Waals surface area contributed by atoms with Gasteiger partial charge in [-0.05, 0) is 40.5 Å². The van der Waals surface area contributed by atoms with Crippen LogP contribution in [0.3, 0.4) is 0 Å². The minimum Gasteiger partial charge on any atom is -0.369 e. The highest BCUT2D eigenvalue weighted by molar-refractivity contribution is 9.11. The third-order valence-electron chi connectivity index (χ3n) is 2.42. The largest absolute Gasteiger partial charge is 0.369 e. The fourth-order valence-corrected chi connectivity index (χ4v) is 2.37. The van der Waals surface area contributed by atoms with E-state index < -0.39 is 0 Å². The Morgan fingerprint density at radius 3 is 2.68 bits per heavy atom. The lowest BCUT2D eigenvalue weighted by Gasteiger charge is -2.11. The van der Waals surface area contributed by atoms with Gasteiger partial charge in [-0.3, -0.25) is 0 Å². The van der Waals surface area contributed by atoms with E-state index in [2.05, 4.69) is 59.4 Å². The molecule has 0 fully saturated rings. The molecule has 0 aliphatic rings. The summed E-state index contributed by atoms with van der Waals surface area (Å²) in [6.07, 6.45) is 2.59. The third kappa shape index (κ3) is 3.91. The van der Waals surface area contributed by atoms with Gasteiger partial charge in [0.2, 0.25) is 0 Å². The summed E-state index contributed by atoms with van der Waals surface area (Å²) in [6, 6.07) is 7.93. The Morgan fingerprint density at radius 1 is 1.16 bits per heavy atom. The number of nitrogens with zero attached hydrogens (tertiary/aromatic N) is 2. The fourth-order valence-electron chi connectivity index (χ4n) is 1.53. The molecule has 0 aliphatic carbocycles. The number of benzene rings is 1. The molecule has 2 aromatic rings. The molecule has 0 amide bonds. The Balaban J connectivity index is 2.20. The van der Waals surface area contributed by atoms with Crippen molar-refractivity contribution in [1.82, 2.24) is 9.97 Å². The molecule has 1 heterocycles. The third-order valence-corrected chi connectivity index (χ3v) is 3.66. The molecule has 1 aromatic carbocycles. The quantitative estimate of drug-likeness (QED) is 0.791. The van der Waals surface area contributed by atoms with Crippen LogP contribution in [-0.2, 0) is 0 Å². The highest BCUT2D eigenvalue weighted by Crippen LogP contribution is 2.29. The number of rotatable bonds is 5. The van der Waals surface area contributed by atoms with Crippen molar-refractivity contribution in [3.63, 3.8) is 0 Å². The molecule has 19 heavy (non-hydrogen) atoms. The van der Waals surface area contributed by atoms with Crippen LogP contribution in [0.15, 0.2) is 39.5 Å². The molecule has 0 saturated carbocycles. The van der Waals surface area contributed by atoms with E-state index in [9.17, 15) is 0 Å². The van der Waals surface area contributed by atoms with Gasteiger partial charge in [-0.2, -0.15) is 0 Å². The fraction of sp³-hybridized carbons (Fsp3) is 0.231. The van der Waals surface area contributed by atoms with Gasteiger partial charge in [0.05, 0.1) is 0 Å². The van der Waals surface area contributed by atoms with E-state index in [-0.39, 0.29) is 0 Å². The van der Waals surface area contributed by atoms with E-state index in [0.29, 0.717) is 0 Å². The number of nitrogens with one attached hydrogen (secondary N) is 2. The lowest BCUT2D eigenvalue weighted by atomic mass is 10.3. The number of aromatic nitrogens is 2. The second kappa shape index (κ2) is 6.86. The number of hydrogen-bond acceptors (Lipinski definition) is 4. The van der Waals surface area contributed by atoms with Gasteiger partial charge in [0, 0.05) is 16.7 Å². The molecule has 1 aromatic heterocycles. The summed E-state index contributed by atoms with van der Waals surface area (Å²) in [5.41, 5.74) is 0.968. The summed E-state index contributed by atoms with van der Waals surface area (Å²) in [7, 11) is 0. The average molecular weight is 386 g/mol. The van der Waals surface area contributed by atoms with Gasteiger partial charge in [-0.1, -0.05) is 28.9 Å². The van der Waals surface area contributed by atoms with E-state index in [0.717, 1.165) is 39.2 Å². The van der Waals surface area contributed by atoms with Gasteiger partial charge in [0.25, 0.3) is 0 Å². The standard InChI is InChI=1S/C13H14Br2N4/c1-2-6-16-12-11(15)13(18-8-17-12)19-10-5-3-4-9(14)7-10/h3-5,7-8H,2,6H2,1H3,(H2,16,17,18,19). The summed E-state index contributed by atoms with van der Waals surface area (Å²) in [4.78, 5) is 8.46. The molecular formula is C13H14Br2N4. The maximum atomic E-state index is 4.25. The topological polar surface area (TPSA) is 49.8 Å². The van der Waals surface area contributed by atoms with Crippen molar-refractivity contribution in [1.29, 1.82) is 0 Å². The maximum Gasteiger partial charge on any atom is 0.150 e. The van der Waals surface area contributed by atoms with Crippen LogP contribution in [-0.4, -0.2) is 16.5 Å². The van der Waals surface area contributed by atoms with Crippen molar-refractivity contribution >= 4 is 49.2 Å². The van der Waals surface area contributed by atoms with Gasteiger partial charge >= 0.3 is 0 Å². The van der Waals surface area contributed by atoms with E-state index >= 15 is 0 Å². The number of hydrogen-bond donors (Lipinski definition) is 2. The SMILES string of the molecule is CCCNc1ncnc(Nc2cccc(Br)c2)c1Br. The Hall–Kier alpha value is -1.14. The van der Waals surface area contributed by atoms with E-state index in [4.69, 9.17) is 0 Å². The summed E-state index contributed by atoms with van der Waals surface area (Å²) >= 11 is 6.97. The van der Waals surface area contributed by atoms with Crippen LogP contribution in [0.4, 0.5) is 17.3 Å². The number of halogens is 2. The second-order valence-corrected chi connectivity index (χ2v) is 5.66. The summed E-state index contributed by atoms with van der Waals surface area (Å²) in [5, 5.41) is 6.51. The van der Waals surface area contributed by atoms with Crippen LogP contribution < -0.4 is 10.6 Å². The van der Waals surface area contributed by atoms with Crippen molar-refractivity contribution < 1.29 is 0 Å². The average Bonchev–Trinajstić information content (AvgIpc) is 2.40. The molecule has 4 nitrogen and oxygen atoms in total. The first-order valence-electron chi connectivity index (χ1n) is 5.97. The Morgan fingerprint density at radius 2 is 1.95 bits per heavy atom. The van der Waals surface area contributed by atoms with Gasteiger partial charge in [0.15, 0.2) is 0 Å². The minimum atomic E-state index is 0.742. The monoisotopic (exact) mass is 384 g/mol. The molecule has 0 unspecified atom stereocenters. The van der Waals surface area contributed by atoms with Crippen LogP contribution in [0.1, 0.15) is 13.3 Å².